The van der Waals surface area contributed by atoms with Gasteiger partial charge in [-0.2, -0.15) is 5.10 Å². The zero-order valence-corrected chi connectivity index (χ0v) is 16.6. The van der Waals surface area contributed by atoms with Gasteiger partial charge in [-0.1, -0.05) is 42.5 Å². The van der Waals surface area contributed by atoms with Gasteiger partial charge in [-0.25, -0.2) is 9.48 Å². The fourth-order valence-electron chi connectivity index (χ4n) is 4.12. The molecule has 0 spiro atoms. The Hall–Kier alpha value is -3.08. The number of rotatable bonds is 3. The summed E-state index contributed by atoms with van der Waals surface area (Å²) >= 11 is 0. The van der Waals surface area contributed by atoms with Crippen LogP contribution >= 0.6 is 0 Å². The Labute approximate surface area is 166 Å². The standard InChI is InChI=1S/C23H26N4O/c1-16-10-7-8-13-20(16)21-14-9-15-26(21)23(28)24-22-17(2)25-27(18(22)3)19-11-5-4-6-12-19/h4-8,10-13,21H,9,14-15H2,1-3H3,(H,24,28). The van der Waals surface area contributed by atoms with Crippen molar-refractivity contribution >= 4 is 11.7 Å². The van der Waals surface area contributed by atoms with E-state index in [1.807, 2.05) is 59.8 Å². The van der Waals surface area contributed by atoms with E-state index < -0.39 is 0 Å². The molecule has 1 aliphatic rings. The molecule has 4 rings (SSSR count). The maximum atomic E-state index is 13.1. The van der Waals surface area contributed by atoms with E-state index in [-0.39, 0.29) is 12.1 Å². The zero-order valence-electron chi connectivity index (χ0n) is 16.6. The van der Waals surface area contributed by atoms with Gasteiger partial charge in [0, 0.05) is 6.54 Å². The lowest BCUT2D eigenvalue weighted by Crippen LogP contribution is -2.35. The minimum atomic E-state index is -0.0513. The van der Waals surface area contributed by atoms with Gasteiger partial charge in [0.1, 0.15) is 0 Å². The van der Waals surface area contributed by atoms with Crippen LogP contribution in [0, 0.1) is 20.8 Å². The molecule has 2 amide bonds. The van der Waals surface area contributed by atoms with E-state index in [2.05, 4.69) is 35.5 Å². The average molecular weight is 374 g/mol. The highest BCUT2D eigenvalue weighted by atomic mass is 16.2. The Bertz CT molecular complexity index is 993. The number of nitrogens with zero attached hydrogens (tertiary/aromatic N) is 3. The van der Waals surface area contributed by atoms with Crippen molar-refractivity contribution in [3.63, 3.8) is 0 Å². The fourth-order valence-corrected chi connectivity index (χ4v) is 4.12. The van der Waals surface area contributed by atoms with Crippen molar-refractivity contribution in [2.75, 3.05) is 11.9 Å². The second-order valence-corrected chi connectivity index (χ2v) is 7.43. The molecule has 1 atom stereocenters. The number of benzene rings is 2. The summed E-state index contributed by atoms with van der Waals surface area (Å²) in [5, 5.41) is 7.77. The number of likely N-dealkylation sites (tertiary alicyclic amines) is 1. The highest BCUT2D eigenvalue weighted by Crippen LogP contribution is 2.34. The smallest absolute Gasteiger partial charge is 0.317 e. The molecule has 3 aromatic rings. The van der Waals surface area contributed by atoms with Crippen LogP contribution in [0.2, 0.25) is 0 Å². The third kappa shape index (κ3) is 3.28. The molecule has 144 valence electrons. The molecule has 1 aromatic heterocycles. The van der Waals surface area contributed by atoms with Gasteiger partial charge in [0.2, 0.25) is 0 Å². The lowest BCUT2D eigenvalue weighted by molar-refractivity contribution is 0.207. The monoisotopic (exact) mass is 374 g/mol. The zero-order chi connectivity index (χ0) is 19.7. The summed E-state index contributed by atoms with van der Waals surface area (Å²) in [5.41, 5.74) is 6.01. The van der Waals surface area contributed by atoms with E-state index in [9.17, 15) is 4.79 Å². The van der Waals surface area contributed by atoms with E-state index in [1.54, 1.807) is 0 Å². The number of carbonyl (C=O) groups excluding carboxylic acids is 1. The number of nitrogens with one attached hydrogen (secondary N) is 1. The molecule has 0 aliphatic carbocycles. The quantitative estimate of drug-likeness (QED) is 0.688. The first kappa shape index (κ1) is 18.3. The average Bonchev–Trinajstić information content (AvgIpc) is 3.29. The largest absolute Gasteiger partial charge is 0.322 e. The molecule has 0 bridgehead atoms. The fraction of sp³-hybridized carbons (Fsp3) is 0.304. The first-order valence-corrected chi connectivity index (χ1v) is 9.81. The van der Waals surface area contributed by atoms with Gasteiger partial charge in [0.15, 0.2) is 0 Å². The Kier molecular flexibility index (Phi) is 4.90. The maximum absolute atomic E-state index is 13.1. The second kappa shape index (κ2) is 7.50. The minimum Gasteiger partial charge on any atom is -0.317 e. The van der Waals surface area contributed by atoms with Crippen LogP contribution in [0.3, 0.4) is 0 Å². The first-order chi connectivity index (χ1) is 13.6. The highest BCUT2D eigenvalue weighted by molar-refractivity contribution is 5.91. The van der Waals surface area contributed by atoms with Crippen LogP contribution in [0.25, 0.3) is 5.69 Å². The van der Waals surface area contributed by atoms with E-state index >= 15 is 0 Å². The number of hydrogen-bond donors (Lipinski definition) is 1. The van der Waals surface area contributed by atoms with Crippen molar-refractivity contribution in [3.8, 4) is 5.69 Å². The maximum Gasteiger partial charge on any atom is 0.322 e. The van der Waals surface area contributed by atoms with Gasteiger partial charge in [-0.05, 0) is 56.9 Å². The molecule has 5 heteroatoms. The molecule has 5 nitrogen and oxygen atoms in total. The molecular weight excluding hydrogens is 348 g/mol. The van der Waals surface area contributed by atoms with Crippen molar-refractivity contribution in [1.82, 2.24) is 14.7 Å². The van der Waals surface area contributed by atoms with Crippen molar-refractivity contribution in [2.24, 2.45) is 0 Å². The number of aromatic nitrogens is 2. The Balaban J connectivity index is 1.59. The third-order valence-electron chi connectivity index (χ3n) is 5.59. The summed E-state index contributed by atoms with van der Waals surface area (Å²) in [7, 11) is 0. The second-order valence-electron chi connectivity index (χ2n) is 7.43. The molecule has 1 unspecified atom stereocenters. The van der Waals surface area contributed by atoms with E-state index in [4.69, 9.17) is 0 Å². The normalized spacial score (nSPS) is 16.4. The first-order valence-electron chi connectivity index (χ1n) is 9.81. The van der Waals surface area contributed by atoms with Crippen LogP contribution < -0.4 is 5.32 Å². The number of aryl methyl sites for hydroxylation is 2. The lowest BCUT2D eigenvalue weighted by atomic mass is 9.99. The van der Waals surface area contributed by atoms with Crippen LogP contribution in [0.4, 0.5) is 10.5 Å². The molecule has 0 radical (unpaired) electrons. The van der Waals surface area contributed by atoms with E-state index in [1.165, 1.54) is 11.1 Å². The van der Waals surface area contributed by atoms with Crippen LogP contribution in [0.15, 0.2) is 54.6 Å². The van der Waals surface area contributed by atoms with Crippen molar-refractivity contribution in [3.05, 3.63) is 77.1 Å². The Morgan fingerprint density at radius 2 is 1.75 bits per heavy atom. The Morgan fingerprint density at radius 3 is 2.50 bits per heavy atom. The van der Waals surface area contributed by atoms with E-state index in [0.717, 1.165) is 42.1 Å². The van der Waals surface area contributed by atoms with Crippen LogP contribution in [0.1, 0.15) is 41.4 Å². The highest BCUT2D eigenvalue weighted by Gasteiger charge is 2.31. The molecule has 1 fully saturated rings. The van der Waals surface area contributed by atoms with Gasteiger partial charge >= 0.3 is 6.03 Å². The predicted octanol–water partition coefficient (Wildman–Crippen LogP) is 5.17. The van der Waals surface area contributed by atoms with Crippen LogP contribution in [-0.2, 0) is 0 Å². The molecule has 0 saturated carbocycles. The van der Waals surface area contributed by atoms with E-state index in [0.29, 0.717) is 0 Å². The molecule has 1 saturated heterocycles. The van der Waals surface area contributed by atoms with Crippen LogP contribution in [0.5, 0.6) is 0 Å². The van der Waals surface area contributed by atoms with Gasteiger partial charge in [-0.3, -0.25) is 0 Å². The number of hydrogen-bond acceptors (Lipinski definition) is 2. The molecular formula is C23H26N4O. The predicted molar refractivity (Wildman–Crippen MR) is 112 cm³/mol. The summed E-state index contributed by atoms with van der Waals surface area (Å²) in [6.45, 7) is 6.81. The van der Waals surface area contributed by atoms with Crippen molar-refractivity contribution in [1.29, 1.82) is 0 Å². The number of carbonyl (C=O) groups is 1. The summed E-state index contributed by atoms with van der Waals surface area (Å²) in [6.07, 6.45) is 2.02. The molecule has 1 aliphatic heterocycles. The number of anilines is 1. The summed E-state index contributed by atoms with van der Waals surface area (Å²) < 4.78 is 1.88. The van der Waals surface area contributed by atoms with Gasteiger partial charge in [0.05, 0.1) is 28.8 Å². The summed E-state index contributed by atoms with van der Waals surface area (Å²) in [4.78, 5) is 15.1. The van der Waals surface area contributed by atoms with Crippen molar-refractivity contribution in [2.45, 2.75) is 39.7 Å². The van der Waals surface area contributed by atoms with Crippen LogP contribution in [-0.4, -0.2) is 27.3 Å². The summed E-state index contributed by atoms with van der Waals surface area (Å²) in [5.74, 6) is 0. The SMILES string of the molecule is Cc1ccccc1C1CCCN1C(=O)Nc1c(C)nn(-c2ccccc2)c1C. The van der Waals surface area contributed by atoms with Crippen molar-refractivity contribution < 1.29 is 4.79 Å². The van der Waals surface area contributed by atoms with Gasteiger partial charge in [-0.15, -0.1) is 0 Å². The lowest BCUT2D eigenvalue weighted by Gasteiger charge is -2.26. The molecule has 28 heavy (non-hydrogen) atoms. The molecule has 2 heterocycles. The molecule has 2 aromatic carbocycles. The molecule has 1 N–H and O–H groups in total. The Morgan fingerprint density at radius 1 is 1.04 bits per heavy atom. The number of amides is 2. The minimum absolute atomic E-state index is 0.0513. The summed E-state index contributed by atoms with van der Waals surface area (Å²) in [6, 6.07) is 18.4. The number of para-hydroxylation sites is 1. The topological polar surface area (TPSA) is 50.2 Å². The van der Waals surface area contributed by atoms with Gasteiger partial charge < -0.3 is 10.2 Å². The van der Waals surface area contributed by atoms with Gasteiger partial charge in [0.25, 0.3) is 0 Å². The number of urea groups is 1. The third-order valence-corrected chi connectivity index (χ3v) is 5.59.